The zero-order valence-corrected chi connectivity index (χ0v) is 16.6. The Balaban J connectivity index is 3.14. The van der Waals surface area contributed by atoms with Gasteiger partial charge in [-0.05, 0) is 6.07 Å². The third-order valence-electron chi connectivity index (χ3n) is 3.40. The summed E-state index contributed by atoms with van der Waals surface area (Å²) in [6.07, 6.45) is 0.975. The van der Waals surface area contributed by atoms with E-state index in [-0.39, 0.29) is 17.4 Å². The van der Waals surface area contributed by atoms with Gasteiger partial charge in [-0.15, -0.1) is 0 Å². The number of sulfonamides is 1. The molecule has 7 nitrogen and oxygen atoms in total. The maximum Gasteiger partial charge on any atom is 0.240 e. The molecule has 1 rings (SSSR count). The monoisotopic (exact) mass is 389 g/mol. The molecule has 0 radical (unpaired) electrons. The summed E-state index contributed by atoms with van der Waals surface area (Å²) in [6.45, 7) is 2.82. The predicted octanol–water partition coefficient (Wildman–Crippen LogP) is 1.91. The van der Waals surface area contributed by atoms with Crippen molar-refractivity contribution >= 4 is 32.8 Å². The summed E-state index contributed by atoms with van der Waals surface area (Å²) in [7, 11) is -0.878. The molecule has 1 amide bonds. The van der Waals surface area contributed by atoms with Crippen molar-refractivity contribution in [2.75, 3.05) is 26.2 Å². The van der Waals surface area contributed by atoms with Crippen molar-refractivity contribution in [1.82, 2.24) is 4.31 Å². The number of methoxy groups -OCH3 is 2. The van der Waals surface area contributed by atoms with E-state index in [9.17, 15) is 18.0 Å². The number of hydrogen-bond donors (Lipinski definition) is 0. The highest BCUT2D eigenvalue weighted by Gasteiger charge is 2.29. The lowest BCUT2D eigenvalue weighted by Crippen LogP contribution is -2.39. The Morgan fingerprint density at radius 2 is 1.88 bits per heavy atom. The molecule has 0 aliphatic heterocycles. The van der Waals surface area contributed by atoms with Crippen molar-refractivity contribution in [1.29, 1.82) is 0 Å². The van der Waals surface area contributed by atoms with Gasteiger partial charge in [-0.1, -0.05) is 30.8 Å². The fourth-order valence-electron chi connectivity index (χ4n) is 2.15. The molecular weight excluding hydrogens is 366 g/mol. The summed E-state index contributed by atoms with van der Waals surface area (Å²) in [5, 5.41) is -0.125. The molecular formula is C16H23NO6S2. The molecule has 9 heteroatoms. The Morgan fingerprint density at radius 3 is 2.36 bits per heavy atom. The Kier molecular flexibility index (Phi) is 7.75. The van der Waals surface area contributed by atoms with Crippen molar-refractivity contribution < 1.29 is 27.5 Å². The first-order valence-corrected chi connectivity index (χ1v) is 10.3. The van der Waals surface area contributed by atoms with Gasteiger partial charge in [0, 0.05) is 24.2 Å². The van der Waals surface area contributed by atoms with Crippen molar-refractivity contribution in [3.63, 3.8) is 0 Å². The summed E-state index contributed by atoms with van der Waals surface area (Å²) in [5.74, 6) is -0.158. The highest BCUT2D eigenvalue weighted by atomic mass is 32.2. The van der Waals surface area contributed by atoms with Gasteiger partial charge in [-0.3, -0.25) is 9.59 Å². The lowest BCUT2D eigenvalue weighted by atomic mass is 10.1. The van der Waals surface area contributed by atoms with Crippen molar-refractivity contribution in [2.45, 2.75) is 20.4 Å². The van der Waals surface area contributed by atoms with E-state index in [1.54, 1.807) is 25.1 Å². The number of amides is 1. The minimum atomic E-state index is -3.80. The third kappa shape index (κ3) is 5.93. The van der Waals surface area contributed by atoms with Crippen LogP contribution in [-0.2, 0) is 26.2 Å². The van der Waals surface area contributed by atoms with Crippen molar-refractivity contribution in [3.05, 3.63) is 23.8 Å². The molecule has 0 aliphatic carbocycles. The largest absolute Gasteiger partial charge is 0.493 e. The smallest absolute Gasteiger partial charge is 0.240 e. The van der Waals surface area contributed by atoms with Gasteiger partial charge in [-0.25, -0.2) is 12.7 Å². The molecule has 1 aromatic rings. The Bertz CT molecular complexity index is 732. The summed E-state index contributed by atoms with van der Waals surface area (Å²) >= 11 is 0.990. The number of thioether (sulfide) groups is 1. The fourth-order valence-corrected chi connectivity index (χ4v) is 3.66. The topological polar surface area (TPSA) is 90.0 Å². The molecule has 0 bridgehead atoms. The standard InChI is InChI=1S/C16H23NO6S2/c1-11(10-24-12(2)18)16(19)17(25(5,20)21)9-13-7-6-8-14(22-3)15(13)23-4/h6-8,11H,9-10H2,1-5H3/t11-/m1/s1. The number of hydrogen-bond acceptors (Lipinski definition) is 7. The van der Waals surface area contributed by atoms with Gasteiger partial charge < -0.3 is 9.47 Å². The van der Waals surface area contributed by atoms with Crippen LogP contribution in [0, 0.1) is 5.92 Å². The number of benzene rings is 1. The van der Waals surface area contributed by atoms with Gasteiger partial charge in [0.2, 0.25) is 15.9 Å². The number of rotatable bonds is 8. The third-order valence-corrected chi connectivity index (χ3v) is 5.59. The molecule has 25 heavy (non-hydrogen) atoms. The van der Waals surface area contributed by atoms with Gasteiger partial charge in [0.15, 0.2) is 16.6 Å². The van der Waals surface area contributed by atoms with Crippen LogP contribution in [0.1, 0.15) is 19.4 Å². The SMILES string of the molecule is COc1cccc(CN(C(=O)[C@H](C)CSC(C)=O)S(C)(=O)=O)c1OC. The number of ether oxygens (including phenoxy) is 2. The van der Waals surface area contributed by atoms with E-state index in [1.165, 1.54) is 21.1 Å². The Hall–Kier alpha value is -1.74. The molecule has 140 valence electrons. The predicted molar refractivity (Wildman–Crippen MR) is 97.2 cm³/mol. The number of nitrogens with zero attached hydrogens (tertiary/aromatic N) is 1. The van der Waals surface area contributed by atoms with E-state index < -0.39 is 21.8 Å². The molecule has 1 atom stereocenters. The molecule has 0 fully saturated rings. The van der Waals surface area contributed by atoms with Gasteiger partial charge in [0.1, 0.15) is 0 Å². The maximum absolute atomic E-state index is 12.6. The minimum absolute atomic E-state index is 0.125. The average molecular weight is 389 g/mol. The van der Waals surface area contributed by atoms with Gasteiger partial charge >= 0.3 is 0 Å². The van der Waals surface area contributed by atoms with Crippen LogP contribution in [0.5, 0.6) is 11.5 Å². The molecule has 0 saturated heterocycles. The van der Waals surface area contributed by atoms with E-state index in [1.807, 2.05) is 0 Å². The lowest BCUT2D eigenvalue weighted by molar-refractivity contribution is -0.129. The zero-order valence-electron chi connectivity index (χ0n) is 14.9. The first kappa shape index (κ1) is 21.3. The van der Waals surface area contributed by atoms with Crippen LogP contribution in [0.3, 0.4) is 0 Å². The van der Waals surface area contributed by atoms with Crippen LogP contribution in [-0.4, -0.2) is 50.0 Å². The minimum Gasteiger partial charge on any atom is -0.493 e. The summed E-state index contributed by atoms with van der Waals surface area (Å²) in [4.78, 5) is 23.7. The second kappa shape index (κ2) is 9.10. The second-order valence-electron chi connectivity index (χ2n) is 5.46. The fraction of sp³-hybridized carbons (Fsp3) is 0.500. The molecule has 0 aromatic heterocycles. The highest BCUT2D eigenvalue weighted by Crippen LogP contribution is 2.32. The Morgan fingerprint density at radius 1 is 1.24 bits per heavy atom. The molecule has 0 unspecified atom stereocenters. The van der Waals surface area contributed by atoms with E-state index in [2.05, 4.69) is 0 Å². The van der Waals surface area contributed by atoms with Crippen molar-refractivity contribution in [3.8, 4) is 11.5 Å². The zero-order chi connectivity index (χ0) is 19.2. The average Bonchev–Trinajstić information content (AvgIpc) is 2.55. The number of para-hydroxylation sites is 1. The molecule has 0 aliphatic rings. The number of carbonyl (C=O) groups is 2. The van der Waals surface area contributed by atoms with Crippen LogP contribution in [0.2, 0.25) is 0 Å². The molecule has 1 aromatic carbocycles. The maximum atomic E-state index is 12.6. The van der Waals surface area contributed by atoms with E-state index >= 15 is 0 Å². The first-order valence-electron chi connectivity index (χ1n) is 7.46. The molecule has 0 spiro atoms. The summed E-state index contributed by atoms with van der Waals surface area (Å²) in [6, 6.07) is 5.04. The summed E-state index contributed by atoms with van der Waals surface area (Å²) < 4.78 is 35.6. The van der Waals surface area contributed by atoms with E-state index in [0.717, 1.165) is 22.3 Å². The molecule has 0 N–H and O–H groups in total. The van der Waals surface area contributed by atoms with E-state index in [4.69, 9.17) is 9.47 Å². The second-order valence-corrected chi connectivity index (χ2v) is 8.57. The highest BCUT2D eigenvalue weighted by molar-refractivity contribution is 8.13. The van der Waals surface area contributed by atoms with Crippen LogP contribution >= 0.6 is 11.8 Å². The van der Waals surface area contributed by atoms with Gasteiger partial charge in [0.05, 0.1) is 27.0 Å². The molecule has 0 saturated carbocycles. The van der Waals surface area contributed by atoms with Gasteiger partial charge in [0.25, 0.3) is 0 Å². The normalized spacial score (nSPS) is 12.4. The van der Waals surface area contributed by atoms with Crippen LogP contribution in [0.15, 0.2) is 18.2 Å². The Labute approximate surface area is 152 Å². The van der Waals surface area contributed by atoms with Gasteiger partial charge in [-0.2, -0.15) is 0 Å². The lowest BCUT2D eigenvalue weighted by Gasteiger charge is -2.24. The van der Waals surface area contributed by atoms with Crippen LogP contribution in [0.4, 0.5) is 0 Å². The van der Waals surface area contributed by atoms with E-state index in [0.29, 0.717) is 17.1 Å². The quantitative estimate of drug-likeness (QED) is 0.671. The number of carbonyl (C=O) groups excluding carboxylic acids is 2. The van der Waals surface area contributed by atoms with Crippen molar-refractivity contribution in [2.24, 2.45) is 5.92 Å². The summed E-state index contributed by atoms with van der Waals surface area (Å²) in [5.41, 5.74) is 0.507. The van der Waals surface area contributed by atoms with Crippen LogP contribution < -0.4 is 9.47 Å². The molecule has 0 heterocycles. The first-order chi connectivity index (χ1) is 11.6. The van der Waals surface area contributed by atoms with Crippen LogP contribution in [0.25, 0.3) is 0 Å².